The van der Waals surface area contributed by atoms with Gasteiger partial charge in [-0.05, 0) is 42.4 Å². The number of amides is 2. The number of alkyl halides is 3. The number of nitrogens with one attached hydrogen (secondary N) is 2. The second kappa shape index (κ2) is 8.14. The highest BCUT2D eigenvalue weighted by Gasteiger charge is 2.59. The highest BCUT2D eigenvalue weighted by Crippen LogP contribution is 2.43. The molecule has 1 aliphatic heterocycles. The third-order valence-corrected chi connectivity index (χ3v) is 3.92. The Morgan fingerprint density at radius 3 is 2.62 bits per heavy atom. The van der Waals surface area contributed by atoms with E-state index in [1.807, 2.05) is 5.92 Å². The van der Waals surface area contributed by atoms with Gasteiger partial charge in [0.15, 0.2) is 0 Å². The zero-order valence-corrected chi connectivity index (χ0v) is 14.2. The van der Waals surface area contributed by atoms with E-state index < -0.39 is 29.1 Å². The number of unbranched alkanes of at least 4 members (excludes halogenated alkanes) is 4. The van der Waals surface area contributed by atoms with E-state index in [-0.39, 0.29) is 5.69 Å². The average molecular weight is 366 g/mol. The van der Waals surface area contributed by atoms with Crippen molar-refractivity contribution in [2.45, 2.75) is 50.7 Å². The minimum atomic E-state index is -4.96. The predicted molar refractivity (Wildman–Crippen MR) is 90.6 cm³/mol. The van der Waals surface area contributed by atoms with E-state index in [0.717, 1.165) is 37.8 Å². The molecular formula is C19H18F4N2O. The number of carbonyl (C=O) groups is 1. The molecule has 1 atom stereocenters. The number of fused-ring (bicyclic) bond motifs is 1. The topological polar surface area (TPSA) is 41.1 Å². The Labute approximate surface area is 149 Å². The van der Waals surface area contributed by atoms with Gasteiger partial charge < -0.3 is 10.6 Å². The Balaban J connectivity index is 2.35. The summed E-state index contributed by atoms with van der Waals surface area (Å²) in [5.41, 5.74) is -3.65. The Bertz CT molecular complexity index is 796. The van der Waals surface area contributed by atoms with Gasteiger partial charge in [0, 0.05) is 17.7 Å². The van der Waals surface area contributed by atoms with Gasteiger partial charge in [0.05, 0.1) is 0 Å². The summed E-state index contributed by atoms with van der Waals surface area (Å²) in [6, 6.07) is 1.69. The van der Waals surface area contributed by atoms with Crippen LogP contribution < -0.4 is 10.6 Å². The van der Waals surface area contributed by atoms with E-state index >= 15 is 0 Å². The minimum Gasteiger partial charge on any atom is -0.310 e. The van der Waals surface area contributed by atoms with Crippen LogP contribution >= 0.6 is 0 Å². The van der Waals surface area contributed by atoms with Crippen molar-refractivity contribution in [1.82, 2.24) is 5.32 Å². The predicted octanol–water partition coefficient (Wildman–Crippen LogP) is 4.70. The molecule has 1 aliphatic rings. The maximum absolute atomic E-state index is 13.8. The minimum absolute atomic E-state index is 0.144. The Hall–Kier alpha value is -2.67. The fourth-order valence-electron chi connectivity index (χ4n) is 2.59. The summed E-state index contributed by atoms with van der Waals surface area (Å²) >= 11 is 0. The second-order valence-corrected chi connectivity index (χ2v) is 5.88. The van der Waals surface area contributed by atoms with Crippen molar-refractivity contribution in [2.75, 3.05) is 5.32 Å². The maximum atomic E-state index is 13.8. The number of anilines is 1. The Morgan fingerprint density at radius 2 is 1.92 bits per heavy atom. The molecule has 0 saturated heterocycles. The number of urea groups is 1. The first-order valence-electron chi connectivity index (χ1n) is 8.26. The number of benzene rings is 1. The van der Waals surface area contributed by atoms with Crippen LogP contribution in [0.15, 0.2) is 18.2 Å². The molecule has 2 rings (SSSR count). The number of hydrogen-bond donors (Lipinski definition) is 2. The standard InChI is InChI=1S/C19H18F4N2O/c1-2-3-4-5-6-7-8-9-12-18(19(21,22)23)15-13-14(20)10-11-16(15)24-17(26)25-18/h10-11,13H,2-6H2,1H3,(H2,24,25,26). The van der Waals surface area contributed by atoms with Crippen LogP contribution in [0, 0.1) is 29.5 Å². The van der Waals surface area contributed by atoms with Gasteiger partial charge in [-0.3, -0.25) is 0 Å². The molecule has 1 aromatic rings. The molecule has 1 heterocycles. The molecule has 0 bridgehead atoms. The van der Waals surface area contributed by atoms with Crippen LogP contribution in [0.4, 0.5) is 28.0 Å². The van der Waals surface area contributed by atoms with Crippen LogP contribution in [0.25, 0.3) is 0 Å². The molecule has 0 saturated carbocycles. The summed E-state index contributed by atoms with van der Waals surface area (Å²) in [7, 11) is 0. The SMILES string of the molecule is CCCCCCC#CC#CC1(C(F)(F)F)NC(=O)Nc2ccc(F)cc21. The van der Waals surface area contributed by atoms with Gasteiger partial charge in [-0.15, -0.1) is 0 Å². The smallest absolute Gasteiger partial charge is 0.310 e. The van der Waals surface area contributed by atoms with Gasteiger partial charge in [-0.2, -0.15) is 13.2 Å². The fraction of sp³-hybridized carbons (Fsp3) is 0.421. The summed E-state index contributed by atoms with van der Waals surface area (Å²) in [5, 5.41) is 4.01. The van der Waals surface area contributed by atoms with Crippen molar-refractivity contribution in [3.05, 3.63) is 29.6 Å². The fourth-order valence-corrected chi connectivity index (χ4v) is 2.59. The lowest BCUT2D eigenvalue weighted by Crippen LogP contribution is -2.59. The molecule has 2 N–H and O–H groups in total. The monoisotopic (exact) mass is 366 g/mol. The van der Waals surface area contributed by atoms with Crippen molar-refractivity contribution >= 4 is 11.7 Å². The Kier molecular flexibility index (Phi) is 6.15. The average Bonchev–Trinajstić information content (AvgIpc) is 2.56. The van der Waals surface area contributed by atoms with Gasteiger partial charge in [0.25, 0.3) is 0 Å². The Morgan fingerprint density at radius 1 is 1.15 bits per heavy atom. The van der Waals surface area contributed by atoms with Gasteiger partial charge in [0.2, 0.25) is 5.54 Å². The number of halogens is 4. The molecule has 7 heteroatoms. The van der Waals surface area contributed by atoms with Crippen LogP contribution in [0.3, 0.4) is 0 Å². The summed E-state index contributed by atoms with van der Waals surface area (Å²) in [4.78, 5) is 11.7. The number of carbonyl (C=O) groups excluding carboxylic acids is 1. The maximum Gasteiger partial charge on any atom is 0.427 e. The lowest BCUT2D eigenvalue weighted by molar-refractivity contribution is -0.178. The third kappa shape index (κ3) is 4.29. The molecule has 2 amide bonds. The van der Waals surface area contributed by atoms with Crippen LogP contribution in [-0.4, -0.2) is 12.2 Å². The quantitative estimate of drug-likeness (QED) is 0.453. The van der Waals surface area contributed by atoms with E-state index in [2.05, 4.69) is 30.0 Å². The van der Waals surface area contributed by atoms with Crippen molar-refractivity contribution in [2.24, 2.45) is 0 Å². The molecule has 0 spiro atoms. The zero-order valence-electron chi connectivity index (χ0n) is 14.2. The van der Waals surface area contributed by atoms with Gasteiger partial charge in [-0.25, -0.2) is 9.18 Å². The highest BCUT2D eigenvalue weighted by molar-refractivity contribution is 5.94. The molecule has 3 nitrogen and oxygen atoms in total. The van der Waals surface area contributed by atoms with Crippen LogP contribution in [0.1, 0.15) is 44.6 Å². The number of hydrogen-bond acceptors (Lipinski definition) is 1. The van der Waals surface area contributed by atoms with Gasteiger partial charge in [-0.1, -0.05) is 32.1 Å². The summed E-state index contributed by atoms with van der Waals surface area (Å²) in [6.07, 6.45) is -0.423. The van der Waals surface area contributed by atoms with E-state index in [1.54, 1.807) is 5.32 Å². The number of rotatable bonds is 4. The van der Waals surface area contributed by atoms with Crippen molar-refractivity contribution in [1.29, 1.82) is 0 Å². The third-order valence-electron chi connectivity index (χ3n) is 3.92. The largest absolute Gasteiger partial charge is 0.427 e. The van der Waals surface area contributed by atoms with Crippen LogP contribution in [-0.2, 0) is 5.54 Å². The van der Waals surface area contributed by atoms with E-state index in [0.29, 0.717) is 12.5 Å². The summed E-state index contributed by atoms with van der Waals surface area (Å²) in [5.74, 6) is 8.42. The van der Waals surface area contributed by atoms with Gasteiger partial charge in [0.1, 0.15) is 5.82 Å². The molecule has 26 heavy (non-hydrogen) atoms. The molecular weight excluding hydrogens is 348 g/mol. The van der Waals surface area contributed by atoms with Crippen molar-refractivity contribution in [3.8, 4) is 23.7 Å². The molecule has 0 fully saturated rings. The normalized spacial score (nSPS) is 18.4. The van der Waals surface area contributed by atoms with E-state index in [4.69, 9.17) is 0 Å². The zero-order chi connectivity index (χ0) is 19.2. The summed E-state index contributed by atoms with van der Waals surface area (Å²) in [6.45, 7) is 2.07. The molecule has 0 radical (unpaired) electrons. The van der Waals surface area contributed by atoms with Crippen LogP contribution in [0.5, 0.6) is 0 Å². The van der Waals surface area contributed by atoms with Crippen LogP contribution in [0.2, 0.25) is 0 Å². The molecule has 138 valence electrons. The molecule has 0 aromatic heterocycles. The first kappa shape index (κ1) is 19.7. The molecule has 1 unspecified atom stereocenters. The molecule has 1 aromatic carbocycles. The molecule has 0 aliphatic carbocycles. The second-order valence-electron chi connectivity index (χ2n) is 5.88. The van der Waals surface area contributed by atoms with E-state index in [9.17, 15) is 22.4 Å². The van der Waals surface area contributed by atoms with Crippen molar-refractivity contribution in [3.63, 3.8) is 0 Å². The first-order valence-corrected chi connectivity index (χ1v) is 8.26. The summed E-state index contributed by atoms with van der Waals surface area (Å²) < 4.78 is 54.9. The highest BCUT2D eigenvalue weighted by atomic mass is 19.4. The lowest BCUT2D eigenvalue weighted by atomic mass is 9.86. The van der Waals surface area contributed by atoms with Gasteiger partial charge >= 0.3 is 12.2 Å². The van der Waals surface area contributed by atoms with E-state index in [1.165, 1.54) is 0 Å². The first-order chi connectivity index (χ1) is 12.3. The van der Waals surface area contributed by atoms with Crippen molar-refractivity contribution < 1.29 is 22.4 Å². The lowest BCUT2D eigenvalue weighted by Gasteiger charge is -2.37.